The Morgan fingerprint density at radius 1 is 1.00 bits per heavy atom. The number of nitrogens with zero attached hydrogens (tertiary/aromatic N) is 4. The van der Waals surface area contributed by atoms with E-state index in [1.165, 1.54) is 0 Å². The molecule has 0 atom stereocenters. The van der Waals surface area contributed by atoms with Crippen LogP contribution in [0.5, 0.6) is 0 Å². The minimum absolute atomic E-state index is 0.0769. The average Bonchev–Trinajstić information content (AvgIpc) is 2.86. The molecule has 0 radical (unpaired) electrons. The van der Waals surface area contributed by atoms with E-state index in [0.29, 0.717) is 5.56 Å². The lowest BCUT2D eigenvalue weighted by Gasteiger charge is -2.32. The van der Waals surface area contributed by atoms with E-state index in [2.05, 4.69) is 47.5 Å². The standard InChI is InChI=1S/C17H22N4O/c1-13-4-5-14(2)21(13)16-7-6-15(12-18-16)17(22)20-10-8-19(3)9-11-20/h4-7,12H,8-11H2,1-3H3. The highest BCUT2D eigenvalue weighted by atomic mass is 16.2. The number of hydrogen-bond donors (Lipinski definition) is 0. The number of aromatic nitrogens is 2. The molecule has 1 aliphatic heterocycles. The number of amides is 1. The number of pyridine rings is 1. The van der Waals surface area contributed by atoms with Crippen molar-refractivity contribution in [2.24, 2.45) is 0 Å². The molecule has 1 saturated heterocycles. The van der Waals surface area contributed by atoms with E-state index in [0.717, 1.165) is 43.4 Å². The summed E-state index contributed by atoms with van der Waals surface area (Å²) >= 11 is 0. The van der Waals surface area contributed by atoms with Crippen molar-refractivity contribution >= 4 is 5.91 Å². The maximum absolute atomic E-state index is 12.5. The summed E-state index contributed by atoms with van der Waals surface area (Å²) < 4.78 is 2.09. The topological polar surface area (TPSA) is 41.4 Å². The second kappa shape index (κ2) is 5.93. The first-order valence-electron chi connectivity index (χ1n) is 7.65. The molecule has 3 heterocycles. The van der Waals surface area contributed by atoms with Crippen molar-refractivity contribution < 1.29 is 4.79 Å². The molecule has 3 rings (SSSR count). The van der Waals surface area contributed by atoms with Gasteiger partial charge in [-0.2, -0.15) is 0 Å². The maximum Gasteiger partial charge on any atom is 0.255 e. The molecule has 0 spiro atoms. The predicted molar refractivity (Wildman–Crippen MR) is 86.4 cm³/mol. The Balaban J connectivity index is 1.78. The van der Waals surface area contributed by atoms with E-state index in [4.69, 9.17) is 0 Å². The van der Waals surface area contributed by atoms with Gasteiger partial charge in [0.25, 0.3) is 5.91 Å². The molecule has 1 amide bonds. The van der Waals surface area contributed by atoms with E-state index in [9.17, 15) is 4.79 Å². The summed E-state index contributed by atoms with van der Waals surface area (Å²) in [6, 6.07) is 7.94. The molecular weight excluding hydrogens is 276 g/mol. The molecule has 1 fully saturated rings. The van der Waals surface area contributed by atoms with Gasteiger partial charge >= 0.3 is 0 Å². The molecule has 0 N–H and O–H groups in total. The number of likely N-dealkylation sites (N-methyl/N-ethyl adjacent to an activating group) is 1. The van der Waals surface area contributed by atoms with Crippen molar-refractivity contribution in [1.82, 2.24) is 19.4 Å². The Labute approximate surface area is 131 Å². The lowest BCUT2D eigenvalue weighted by molar-refractivity contribution is 0.0663. The van der Waals surface area contributed by atoms with E-state index in [-0.39, 0.29) is 5.91 Å². The number of piperazine rings is 1. The third-order valence-electron chi connectivity index (χ3n) is 4.29. The van der Waals surface area contributed by atoms with Gasteiger partial charge in [0.2, 0.25) is 0 Å². The molecule has 0 bridgehead atoms. The van der Waals surface area contributed by atoms with Gasteiger partial charge in [-0.1, -0.05) is 0 Å². The zero-order valence-corrected chi connectivity index (χ0v) is 13.4. The number of rotatable bonds is 2. The van der Waals surface area contributed by atoms with Crippen LogP contribution in [0.1, 0.15) is 21.7 Å². The van der Waals surface area contributed by atoms with Crippen LogP contribution in [-0.4, -0.2) is 58.5 Å². The van der Waals surface area contributed by atoms with E-state index < -0.39 is 0 Å². The van der Waals surface area contributed by atoms with Gasteiger partial charge in [0, 0.05) is 43.8 Å². The summed E-state index contributed by atoms with van der Waals surface area (Å²) in [6.07, 6.45) is 1.69. The van der Waals surface area contributed by atoms with Crippen molar-refractivity contribution in [2.45, 2.75) is 13.8 Å². The third kappa shape index (κ3) is 2.76. The van der Waals surface area contributed by atoms with Crippen molar-refractivity contribution in [3.63, 3.8) is 0 Å². The molecule has 0 aliphatic carbocycles. The lowest BCUT2D eigenvalue weighted by atomic mass is 10.2. The van der Waals surface area contributed by atoms with Crippen LogP contribution in [0, 0.1) is 13.8 Å². The quantitative estimate of drug-likeness (QED) is 0.850. The Morgan fingerprint density at radius 3 is 2.18 bits per heavy atom. The Bertz CT molecular complexity index is 647. The number of carbonyl (C=O) groups excluding carboxylic acids is 1. The second-order valence-corrected chi connectivity index (χ2v) is 5.95. The van der Waals surface area contributed by atoms with Crippen LogP contribution in [0.15, 0.2) is 30.5 Å². The minimum atomic E-state index is 0.0769. The molecular formula is C17H22N4O. The molecule has 22 heavy (non-hydrogen) atoms. The van der Waals surface area contributed by atoms with Gasteiger partial charge in [-0.3, -0.25) is 4.79 Å². The monoisotopic (exact) mass is 298 g/mol. The first kappa shape index (κ1) is 14.8. The molecule has 0 unspecified atom stereocenters. The van der Waals surface area contributed by atoms with Crippen molar-refractivity contribution in [3.05, 3.63) is 47.4 Å². The summed E-state index contributed by atoms with van der Waals surface area (Å²) in [4.78, 5) is 21.1. The van der Waals surface area contributed by atoms with Gasteiger partial charge in [0.15, 0.2) is 0 Å². The van der Waals surface area contributed by atoms with E-state index in [1.54, 1.807) is 6.20 Å². The molecule has 116 valence electrons. The summed E-state index contributed by atoms with van der Waals surface area (Å²) in [6.45, 7) is 7.54. The first-order valence-corrected chi connectivity index (χ1v) is 7.65. The smallest absolute Gasteiger partial charge is 0.255 e. The maximum atomic E-state index is 12.5. The van der Waals surface area contributed by atoms with Gasteiger partial charge in [0.05, 0.1) is 5.56 Å². The fourth-order valence-corrected chi connectivity index (χ4v) is 2.87. The zero-order valence-electron chi connectivity index (χ0n) is 13.4. The molecule has 1 aliphatic rings. The van der Waals surface area contributed by atoms with Crippen LogP contribution in [0.25, 0.3) is 5.82 Å². The highest BCUT2D eigenvalue weighted by Gasteiger charge is 2.20. The number of hydrogen-bond acceptors (Lipinski definition) is 3. The van der Waals surface area contributed by atoms with Crippen molar-refractivity contribution in [1.29, 1.82) is 0 Å². The molecule has 0 saturated carbocycles. The first-order chi connectivity index (χ1) is 10.6. The highest BCUT2D eigenvalue weighted by molar-refractivity contribution is 5.94. The summed E-state index contributed by atoms with van der Waals surface area (Å²) in [5.41, 5.74) is 2.95. The average molecular weight is 298 g/mol. The van der Waals surface area contributed by atoms with Gasteiger partial charge < -0.3 is 14.4 Å². The minimum Gasteiger partial charge on any atom is -0.336 e. The highest BCUT2D eigenvalue weighted by Crippen LogP contribution is 2.15. The number of carbonyl (C=O) groups is 1. The fourth-order valence-electron chi connectivity index (χ4n) is 2.87. The zero-order chi connectivity index (χ0) is 15.7. The largest absolute Gasteiger partial charge is 0.336 e. The fraction of sp³-hybridized carbons (Fsp3) is 0.412. The van der Waals surface area contributed by atoms with Gasteiger partial charge in [-0.25, -0.2) is 4.98 Å². The third-order valence-corrected chi connectivity index (χ3v) is 4.29. The van der Waals surface area contributed by atoms with Crippen LogP contribution < -0.4 is 0 Å². The van der Waals surface area contributed by atoms with Crippen LogP contribution in [0.4, 0.5) is 0 Å². The van der Waals surface area contributed by atoms with Crippen LogP contribution in [0.3, 0.4) is 0 Å². The Kier molecular flexibility index (Phi) is 3.98. The molecule has 0 aromatic carbocycles. The van der Waals surface area contributed by atoms with Crippen LogP contribution in [-0.2, 0) is 0 Å². The Morgan fingerprint density at radius 2 is 1.64 bits per heavy atom. The molecule has 2 aromatic rings. The molecule has 5 nitrogen and oxygen atoms in total. The van der Waals surface area contributed by atoms with Gasteiger partial charge in [-0.05, 0) is 45.2 Å². The Hall–Kier alpha value is -2.14. The number of aryl methyl sites for hydroxylation is 2. The van der Waals surface area contributed by atoms with Crippen molar-refractivity contribution in [3.8, 4) is 5.82 Å². The predicted octanol–water partition coefficient (Wildman–Crippen LogP) is 1.88. The van der Waals surface area contributed by atoms with Gasteiger partial charge in [0.1, 0.15) is 5.82 Å². The summed E-state index contributed by atoms with van der Waals surface area (Å²) in [7, 11) is 2.08. The van der Waals surface area contributed by atoms with Gasteiger partial charge in [-0.15, -0.1) is 0 Å². The van der Waals surface area contributed by atoms with Crippen molar-refractivity contribution in [2.75, 3.05) is 33.2 Å². The second-order valence-electron chi connectivity index (χ2n) is 5.95. The molecule has 5 heteroatoms. The molecule has 2 aromatic heterocycles. The van der Waals surface area contributed by atoms with Crippen LogP contribution >= 0.6 is 0 Å². The normalized spacial score (nSPS) is 16.0. The SMILES string of the molecule is Cc1ccc(C)n1-c1ccc(C(=O)N2CCN(C)CC2)cn1. The van der Waals surface area contributed by atoms with E-state index in [1.807, 2.05) is 17.0 Å². The van der Waals surface area contributed by atoms with Crippen LogP contribution in [0.2, 0.25) is 0 Å². The summed E-state index contributed by atoms with van der Waals surface area (Å²) in [5.74, 6) is 0.933. The lowest BCUT2D eigenvalue weighted by Crippen LogP contribution is -2.47. The van der Waals surface area contributed by atoms with E-state index >= 15 is 0 Å². The summed E-state index contributed by atoms with van der Waals surface area (Å²) in [5, 5.41) is 0.